The third-order valence-corrected chi connectivity index (χ3v) is 4.01. The Labute approximate surface area is 85.2 Å². The molecule has 0 saturated heterocycles. The summed E-state index contributed by atoms with van der Waals surface area (Å²) in [6.07, 6.45) is 1.21. The Kier molecular flexibility index (Phi) is 3.28. The molecule has 0 bridgehead atoms. The van der Waals surface area contributed by atoms with Gasteiger partial charge in [0.2, 0.25) is 0 Å². The van der Waals surface area contributed by atoms with Crippen molar-refractivity contribution in [2.75, 3.05) is 6.26 Å². The molecule has 0 aliphatic carbocycles. The Bertz CT molecular complexity index is 496. The van der Waals surface area contributed by atoms with Gasteiger partial charge in [0.25, 0.3) is 10.0 Å². The van der Waals surface area contributed by atoms with E-state index in [1.165, 1.54) is 18.4 Å². The van der Waals surface area contributed by atoms with Gasteiger partial charge in [0.15, 0.2) is 0 Å². The number of sulfonamides is 1. The predicted octanol–water partition coefficient (Wildman–Crippen LogP) is 1.46. The van der Waals surface area contributed by atoms with Crippen molar-refractivity contribution in [1.82, 2.24) is 0 Å². The lowest BCUT2D eigenvalue weighted by Gasteiger charge is -2.01. The van der Waals surface area contributed by atoms with Gasteiger partial charge in [-0.2, -0.15) is 10.6 Å². The molecule has 14 heavy (non-hydrogen) atoms. The lowest BCUT2D eigenvalue weighted by Crippen LogP contribution is -1.96. The highest BCUT2D eigenvalue weighted by Gasteiger charge is 2.07. The van der Waals surface area contributed by atoms with E-state index in [1.807, 2.05) is 6.92 Å². The highest BCUT2D eigenvalue weighted by Crippen LogP contribution is 2.12. The average Bonchev–Trinajstić information content (AvgIpc) is 2.02. The summed E-state index contributed by atoms with van der Waals surface area (Å²) in [5.74, 6) is 0. The second-order valence-electron chi connectivity index (χ2n) is 2.79. The molecular formula is C8H10NO3S2-. The number of rotatable bonds is 2. The Hall–Kier alpha value is -0.880. The summed E-state index contributed by atoms with van der Waals surface area (Å²) in [6.45, 7) is 1.85. The van der Waals surface area contributed by atoms with Crippen LogP contribution in [-0.4, -0.2) is 14.7 Å². The highest BCUT2D eigenvalue weighted by molar-refractivity contribution is 7.96. The summed E-state index contributed by atoms with van der Waals surface area (Å²) < 4.78 is 36.6. The first-order valence-electron chi connectivity index (χ1n) is 3.80. The molecule has 0 saturated carbocycles. The Balaban J connectivity index is 3.25. The van der Waals surface area contributed by atoms with Crippen LogP contribution in [0.3, 0.4) is 0 Å². The largest absolute Gasteiger partial charge is 0.444 e. The van der Waals surface area contributed by atoms with E-state index in [4.69, 9.17) is 0 Å². The van der Waals surface area contributed by atoms with Gasteiger partial charge in [-0.05, 0) is 19.1 Å². The fourth-order valence-electron chi connectivity index (χ4n) is 0.891. The lowest BCUT2D eigenvalue weighted by atomic mass is 10.2. The molecule has 1 aromatic carbocycles. The first-order chi connectivity index (χ1) is 6.42. The van der Waals surface area contributed by atoms with Crippen molar-refractivity contribution in [1.29, 1.82) is 0 Å². The summed E-state index contributed by atoms with van der Waals surface area (Å²) in [7, 11) is -5.46. The first kappa shape index (κ1) is 11.2. The molecule has 0 spiro atoms. The van der Waals surface area contributed by atoms with Crippen LogP contribution in [0.15, 0.2) is 32.9 Å². The summed E-state index contributed by atoms with van der Waals surface area (Å²) in [4.78, 5) is 0.0679. The molecule has 0 aliphatic rings. The smallest absolute Gasteiger partial charge is 0.260 e. The van der Waals surface area contributed by atoms with Crippen molar-refractivity contribution in [2.45, 2.75) is 11.8 Å². The van der Waals surface area contributed by atoms with Crippen molar-refractivity contribution >= 4 is 20.6 Å². The van der Waals surface area contributed by atoms with Gasteiger partial charge in [-0.1, -0.05) is 17.7 Å². The highest BCUT2D eigenvalue weighted by atomic mass is 32.3. The van der Waals surface area contributed by atoms with Gasteiger partial charge in [0.1, 0.15) is 0 Å². The fraction of sp³-hybridized carbons (Fsp3) is 0.250. The van der Waals surface area contributed by atoms with Crippen LogP contribution < -0.4 is 0 Å². The standard InChI is InChI=1S/C8H10NO3S2/c1-7-3-5-8(6-4-7)14(11,12)9-13(2)10/h3-6H,1-2H3/q-1. The summed E-state index contributed by atoms with van der Waals surface area (Å²) >= 11 is 0. The molecule has 0 aliphatic heterocycles. The molecule has 1 rings (SSSR count). The van der Waals surface area contributed by atoms with Gasteiger partial charge in [-0.15, -0.1) is 6.26 Å². The molecular weight excluding hydrogens is 222 g/mol. The van der Waals surface area contributed by atoms with Gasteiger partial charge in [0, 0.05) is 0 Å². The molecule has 0 heterocycles. The van der Waals surface area contributed by atoms with Crippen molar-refractivity contribution < 1.29 is 12.6 Å². The van der Waals surface area contributed by atoms with Gasteiger partial charge in [-0.25, -0.2) is 8.42 Å². The molecule has 0 radical (unpaired) electrons. The number of benzene rings is 1. The van der Waals surface area contributed by atoms with Gasteiger partial charge < -0.3 is 4.21 Å². The molecule has 0 atom stereocenters. The minimum absolute atomic E-state index is 0.0679. The van der Waals surface area contributed by atoms with Gasteiger partial charge in [-0.3, -0.25) is 3.77 Å². The average molecular weight is 232 g/mol. The topological polar surface area (TPSA) is 63.6 Å². The first-order valence-corrected chi connectivity index (χ1v) is 6.75. The minimum Gasteiger partial charge on any atom is -0.444 e. The van der Waals surface area contributed by atoms with Crippen LogP contribution in [0, 0.1) is 6.92 Å². The zero-order chi connectivity index (χ0) is 10.8. The zero-order valence-corrected chi connectivity index (χ0v) is 9.43. The van der Waals surface area contributed by atoms with Gasteiger partial charge >= 0.3 is 0 Å². The quantitative estimate of drug-likeness (QED) is 0.725. The van der Waals surface area contributed by atoms with E-state index in [2.05, 4.69) is 3.77 Å². The second kappa shape index (κ2) is 4.10. The van der Waals surface area contributed by atoms with Crippen molar-refractivity contribution in [2.24, 2.45) is 3.77 Å². The minimum atomic E-state index is -3.75. The van der Waals surface area contributed by atoms with Gasteiger partial charge in [0.05, 0.1) is 4.90 Å². The van der Waals surface area contributed by atoms with E-state index >= 15 is 0 Å². The Morgan fingerprint density at radius 2 is 1.71 bits per heavy atom. The molecule has 4 nitrogen and oxygen atoms in total. The maximum absolute atomic E-state index is 11.4. The third-order valence-electron chi connectivity index (χ3n) is 1.52. The van der Waals surface area contributed by atoms with Crippen LogP contribution >= 0.6 is 0 Å². The number of hydrogen-bond acceptors (Lipinski definition) is 4. The Morgan fingerprint density at radius 1 is 1.21 bits per heavy atom. The predicted molar refractivity (Wildman–Crippen MR) is 54.8 cm³/mol. The van der Waals surface area contributed by atoms with E-state index in [9.17, 15) is 12.6 Å². The van der Waals surface area contributed by atoms with Crippen LogP contribution in [0.25, 0.3) is 0 Å². The monoisotopic (exact) mass is 232 g/mol. The van der Waals surface area contributed by atoms with E-state index in [0.717, 1.165) is 5.56 Å². The number of hydrogen-bond donors (Lipinski definition) is 0. The summed E-state index contributed by atoms with van der Waals surface area (Å²) in [5, 5.41) is 0. The molecule has 6 heteroatoms. The maximum atomic E-state index is 11.4. The van der Waals surface area contributed by atoms with E-state index < -0.39 is 20.6 Å². The van der Waals surface area contributed by atoms with Crippen LogP contribution in [0.1, 0.15) is 5.56 Å². The molecule has 0 N–H and O–H groups in total. The van der Waals surface area contributed by atoms with Crippen molar-refractivity contribution in [3.63, 3.8) is 0 Å². The van der Waals surface area contributed by atoms with Crippen LogP contribution in [0.4, 0.5) is 0 Å². The normalized spacial score (nSPS) is 14.1. The van der Waals surface area contributed by atoms with E-state index in [1.54, 1.807) is 12.1 Å². The fourth-order valence-corrected chi connectivity index (χ4v) is 2.82. The molecule has 1 aromatic rings. The lowest BCUT2D eigenvalue weighted by molar-refractivity contribution is 0.594. The maximum Gasteiger partial charge on any atom is 0.260 e. The van der Waals surface area contributed by atoms with E-state index in [0.29, 0.717) is 0 Å². The molecule has 0 unspecified atom stereocenters. The summed E-state index contributed by atoms with van der Waals surface area (Å²) in [6, 6.07) is 6.23. The summed E-state index contributed by atoms with van der Waals surface area (Å²) in [5.41, 5.74) is 0.960. The molecule has 0 fully saturated rings. The zero-order valence-electron chi connectivity index (χ0n) is 7.80. The van der Waals surface area contributed by atoms with Crippen molar-refractivity contribution in [3.8, 4) is 0 Å². The second-order valence-corrected chi connectivity index (χ2v) is 5.65. The van der Waals surface area contributed by atoms with E-state index in [-0.39, 0.29) is 4.90 Å². The van der Waals surface area contributed by atoms with Crippen LogP contribution in [0.2, 0.25) is 0 Å². The third kappa shape index (κ3) is 2.81. The van der Waals surface area contributed by atoms with Crippen LogP contribution in [-0.2, 0) is 24.8 Å². The molecule has 0 aromatic heterocycles. The van der Waals surface area contributed by atoms with Crippen LogP contribution in [0.5, 0.6) is 0 Å². The van der Waals surface area contributed by atoms with Crippen molar-refractivity contribution in [3.05, 3.63) is 29.8 Å². The number of nitrogens with zero attached hydrogens (tertiary/aromatic N) is 1. The molecule has 0 amide bonds. The number of aryl methyl sites for hydroxylation is 1. The Morgan fingerprint density at radius 3 is 2.14 bits per heavy atom. The molecule has 78 valence electrons. The SMILES string of the molecule is Cc1ccc(S(=O)(=O)N=[S-](C)=O)cc1.